The van der Waals surface area contributed by atoms with Crippen molar-refractivity contribution in [1.82, 2.24) is 10.2 Å². The fourth-order valence-corrected chi connectivity index (χ4v) is 3.72. The highest BCUT2D eigenvalue weighted by Gasteiger charge is 2.41. The number of likely N-dealkylation sites (tertiary alicyclic amines) is 1. The highest BCUT2D eigenvalue weighted by atomic mass is 16.3. The van der Waals surface area contributed by atoms with Crippen LogP contribution in [0, 0.1) is 18.8 Å². The summed E-state index contributed by atoms with van der Waals surface area (Å²) >= 11 is 0. The van der Waals surface area contributed by atoms with Gasteiger partial charge in [-0.3, -0.25) is 9.59 Å². The number of benzene rings is 1. The first kappa shape index (κ1) is 19.2. The number of amides is 2. The summed E-state index contributed by atoms with van der Waals surface area (Å²) in [5.41, 5.74) is 2.28. The second kappa shape index (κ2) is 8.42. The molecular formula is C22H28N2O3. The number of furan rings is 1. The van der Waals surface area contributed by atoms with Gasteiger partial charge in [-0.25, -0.2) is 0 Å². The second-order valence-electron chi connectivity index (χ2n) is 7.73. The number of aryl methyl sites for hydroxylation is 1. The third-order valence-electron chi connectivity index (χ3n) is 5.28. The van der Waals surface area contributed by atoms with Gasteiger partial charge in [0.05, 0.1) is 12.2 Å². The fraction of sp³-hybridized carbons (Fsp3) is 0.455. The normalized spacial score (nSPS) is 19.5. The van der Waals surface area contributed by atoms with Crippen molar-refractivity contribution >= 4 is 11.8 Å². The van der Waals surface area contributed by atoms with E-state index in [4.69, 9.17) is 4.42 Å². The van der Waals surface area contributed by atoms with Gasteiger partial charge >= 0.3 is 0 Å². The Labute approximate surface area is 160 Å². The number of carbonyl (C=O) groups is 2. The van der Waals surface area contributed by atoms with Crippen LogP contribution < -0.4 is 5.32 Å². The molecule has 1 saturated heterocycles. The summed E-state index contributed by atoms with van der Waals surface area (Å²) < 4.78 is 5.27. The first-order chi connectivity index (χ1) is 13.0. The highest BCUT2D eigenvalue weighted by Crippen LogP contribution is 2.35. The lowest BCUT2D eigenvalue weighted by Crippen LogP contribution is -2.36. The zero-order valence-electron chi connectivity index (χ0n) is 16.3. The maximum Gasteiger partial charge on any atom is 0.289 e. The standard InChI is InChI=1S/C22H28N2O3/c1-15(2)10-11-23-21(25)19-14-24(22(26)20-9-6-12-27-20)13-18(19)17-8-5-4-7-16(17)3/h4-9,12,15,18-19H,10-11,13-14H2,1-3H3,(H,23,25)/t18-,19-/m1/s1. The van der Waals surface area contributed by atoms with Crippen molar-refractivity contribution < 1.29 is 14.0 Å². The van der Waals surface area contributed by atoms with E-state index in [1.54, 1.807) is 17.0 Å². The Morgan fingerprint density at radius 2 is 1.96 bits per heavy atom. The molecule has 144 valence electrons. The lowest BCUT2D eigenvalue weighted by atomic mass is 9.86. The van der Waals surface area contributed by atoms with Gasteiger partial charge in [0, 0.05) is 25.6 Å². The van der Waals surface area contributed by atoms with Gasteiger partial charge in [-0.1, -0.05) is 38.1 Å². The summed E-state index contributed by atoms with van der Waals surface area (Å²) in [6.45, 7) is 7.93. The summed E-state index contributed by atoms with van der Waals surface area (Å²) in [5, 5.41) is 3.07. The average Bonchev–Trinajstić information content (AvgIpc) is 3.31. The van der Waals surface area contributed by atoms with Crippen LogP contribution in [0.4, 0.5) is 0 Å². The van der Waals surface area contributed by atoms with Gasteiger partial charge in [0.15, 0.2) is 5.76 Å². The molecule has 3 rings (SSSR count). The molecule has 27 heavy (non-hydrogen) atoms. The molecule has 1 aliphatic heterocycles. The lowest BCUT2D eigenvalue weighted by Gasteiger charge is -2.20. The molecule has 0 saturated carbocycles. The van der Waals surface area contributed by atoms with Crippen molar-refractivity contribution in [3.05, 3.63) is 59.5 Å². The van der Waals surface area contributed by atoms with Gasteiger partial charge in [-0.2, -0.15) is 0 Å². The van der Waals surface area contributed by atoms with E-state index in [0.717, 1.165) is 17.5 Å². The van der Waals surface area contributed by atoms with E-state index in [-0.39, 0.29) is 23.7 Å². The van der Waals surface area contributed by atoms with Crippen molar-refractivity contribution in [2.45, 2.75) is 33.1 Å². The van der Waals surface area contributed by atoms with Gasteiger partial charge in [-0.15, -0.1) is 0 Å². The SMILES string of the molecule is Cc1ccccc1[C@H]1CN(C(=O)c2ccco2)C[C@H]1C(=O)NCCC(C)C. The molecular weight excluding hydrogens is 340 g/mol. The van der Waals surface area contributed by atoms with Crippen LogP contribution in [0.25, 0.3) is 0 Å². The van der Waals surface area contributed by atoms with E-state index in [9.17, 15) is 9.59 Å². The summed E-state index contributed by atoms with van der Waals surface area (Å²) in [5.74, 6) is 0.466. The predicted octanol–water partition coefficient (Wildman–Crippen LogP) is 3.61. The third kappa shape index (κ3) is 4.41. The van der Waals surface area contributed by atoms with E-state index in [0.29, 0.717) is 31.3 Å². The molecule has 1 fully saturated rings. The highest BCUT2D eigenvalue weighted by molar-refractivity contribution is 5.92. The maximum atomic E-state index is 12.9. The Morgan fingerprint density at radius 3 is 2.63 bits per heavy atom. The van der Waals surface area contributed by atoms with E-state index in [2.05, 4.69) is 38.2 Å². The van der Waals surface area contributed by atoms with Gasteiger partial charge in [0.2, 0.25) is 5.91 Å². The fourth-order valence-electron chi connectivity index (χ4n) is 3.72. The zero-order chi connectivity index (χ0) is 19.4. The first-order valence-corrected chi connectivity index (χ1v) is 9.63. The van der Waals surface area contributed by atoms with E-state index < -0.39 is 0 Å². The summed E-state index contributed by atoms with van der Waals surface area (Å²) in [7, 11) is 0. The third-order valence-corrected chi connectivity index (χ3v) is 5.28. The molecule has 1 aliphatic rings. The lowest BCUT2D eigenvalue weighted by molar-refractivity contribution is -0.124. The molecule has 1 N–H and O–H groups in total. The predicted molar refractivity (Wildman–Crippen MR) is 104 cm³/mol. The second-order valence-corrected chi connectivity index (χ2v) is 7.73. The Bertz CT molecular complexity index is 783. The van der Waals surface area contributed by atoms with Crippen LogP contribution in [0.15, 0.2) is 47.1 Å². The van der Waals surface area contributed by atoms with Crippen LogP contribution in [-0.2, 0) is 4.79 Å². The molecule has 2 heterocycles. The van der Waals surface area contributed by atoms with Gasteiger partial charge in [0.1, 0.15) is 0 Å². The van der Waals surface area contributed by atoms with Crippen LogP contribution >= 0.6 is 0 Å². The van der Waals surface area contributed by atoms with Gasteiger partial charge < -0.3 is 14.6 Å². The quantitative estimate of drug-likeness (QED) is 0.847. The molecule has 0 spiro atoms. The minimum Gasteiger partial charge on any atom is -0.459 e. The minimum atomic E-state index is -0.253. The van der Waals surface area contributed by atoms with E-state index in [1.807, 2.05) is 12.1 Å². The molecule has 5 nitrogen and oxygen atoms in total. The smallest absolute Gasteiger partial charge is 0.289 e. The minimum absolute atomic E-state index is 0.0100. The average molecular weight is 368 g/mol. The Balaban J connectivity index is 1.80. The monoisotopic (exact) mass is 368 g/mol. The van der Waals surface area contributed by atoms with Crippen LogP contribution in [0.1, 0.15) is 47.9 Å². The van der Waals surface area contributed by atoms with Crippen molar-refractivity contribution in [2.24, 2.45) is 11.8 Å². The summed E-state index contributed by atoms with van der Waals surface area (Å²) in [6.07, 6.45) is 2.45. The zero-order valence-corrected chi connectivity index (χ0v) is 16.3. The molecule has 1 aromatic heterocycles. The number of nitrogens with one attached hydrogen (secondary N) is 1. The number of rotatable bonds is 6. The Kier molecular flexibility index (Phi) is 5.99. The van der Waals surface area contributed by atoms with Crippen molar-refractivity contribution in [2.75, 3.05) is 19.6 Å². The van der Waals surface area contributed by atoms with Gasteiger partial charge in [0.25, 0.3) is 5.91 Å². The Hall–Kier alpha value is -2.56. The topological polar surface area (TPSA) is 62.6 Å². The largest absolute Gasteiger partial charge is 0.459 e. The molecule has 0 bridgehead atoms. The molecule has 2 amide bonds. The number of carbonyl (C=O) groups excluding carboxylic acids is 2. The number of hydrogen-bond donors (Lipinski definition) is 1. The van der Waals surface area contributed by atoms with E-state index in [1.165, 1.54) is 6.26 Å². The van der Waals surface area contributed by atoms with Crippen LogP contribution in [0.5, 0.6) is 0 Å². The maximum absolute atomic E-state index is 12.9. The number of hydrogen-bond acceptors (Lipinski definition) is 3. The van der Waals surface area contributed by atoms with Crippen molar-refractivity contribution in [3.8, 4) is 0 Å². The van der Waals surface area contributed by atoms with E-state index >= 15 is 0 Å². The van der Waals surface area contributed by atoms with Gasteiger partial charge in [-0.05, 0) is 42.5 Å². The van der Waals surface area contributed by atoms with Crippen LogP contribution in [0.3, 0.4) is 0 Å². The molecule has 2 atom stereocenters. The first-order valence-electron chi connectivity index (χ1n) is 9.63. The summed E-state index contributed by atoms with van der Waals surface area (Å²) in [4.78, 5) is 27.4. The van der Waals surface area contributed by atoms with Crippen LogP contribution in [0.2, 0.25) is 0 Å². The summed E-state index contributed by atoms with van der Waals surface area (Å²) in [6, 6.07) is 11.5. The molecule has 0 radical (unpaired) electrons. The number of nitrogens with zero attached hydrogens (tertiary/aromatic N) is 1. The van der Waals surface area contributed by atoms with Crippen molar-refractivity contribution in [1.29, 1.82) is 0 Å². The molecule has 2 aromatic rings. The molecule has 5 heteroatoms. The Morgan fingerprint density at radius 1 is 1.19 bits per heavy atom. The van der Waals surface area contributed by atoms with Crippen molar-refractivity contribution in [3.63, 3.8) is 0 Å². The molecule has 1 aromatic carbocycles. The molecule has 0 aliphatic carbocycles. The van der Waals surface area contributed by atoms with Crippen LogP contribution in [-0.4, -0.2) is 36.3 Å². The molecule has 0 unspecified atom stereocenters.